The third kappa shape index (κ3) is 3.05. The Labute approximate surface area is 92.8 Å². The second-order valence-corrected chi connectivity index (χ2v) is 3.41. The Morgan fingerprint density at radius 3 is 2.07 bits per heavy atom. The molecule has 0 spiro atoms. The molecule has 0 aliphatic carbocycles. The first-order valence-electron chi connectivity index (χ1n) is 3.84. The quantitative estimate of drug-likeness (QED) is 0.608. The van der Waals surface area contributed by atoms with Gasteiger partial charge in [0.25, 0.3) is 0 Å². The summed E-state index contributed by atoms with van der Waals surface area (Å²) in [7, 11) is 0. The maximum atomic E-state index is 11.1. The summed E-state index contributed by atoms with van der Waals surface area (Å²) >= 11 is 7.27. The molecule has 0 saturated carbocycles. The molecule has 0 fully saturated rings. The second kappa shape index (κ2) is 5.02. The van der Waals surface area contributed by atoms with E-state index in [4.69, 9.17) is 0 Å². The molecule has 0 amide bonds. The van der Waals surface area contributed by atoms with E-state index in [0.717, 1.165) is 6.08 Å². The third-order valence-electron chi connectivity index (χ3n) is 1.58. The summed E-state index contributed by atoms with van der Waals surface area (Å²) in [6.45, 7) is 0. The maximum Gasteiger partial charge on any atom is 0.217 e. The minimum absolute atomic E-state index is 0.258. The lowest BCUT2D eigenvalue weighted by Crippen LogP contribution is -1.95. The molecule has 0 saturated heterocycles. The van der Waals surface area contributed by atoms with E-state index in [2.05, 4.69) is 25.3 Å². The molecule has 2 nitrogen and oxygen atoms in total. The molecule has 14 heavy (non-hydrogen) atoms. The van der Waals surface area contributed by atoms with Gasteiger partial charge in [-0.25, -0.2) is 0 Å². The van der Waals surface area contributed by atoms with Crippen LogP contribution in [-0.4, -0.2) is 10.2 Å². The number of carbonyl (C=O) groups is 2. The van der Waals surface area contributed by atoms with Crippen LogP contribution in [0.4, 0.5) is 0 Å². The molecule has 0 aliphatic heterocycles. The van der Waals surface area contributed by atoms with Gasteiger partial charge >= 0.3 is 0 Å². The first-order valence-corrected chi connectivity index (χ1v) is 4.74. The highest BCUT2D eigenvalue weighted by atomic mass is 32.1. The van der Waals surface area contributed by atoms with Crippen molar-refractivity contribution in [1.29, 1.82) is 0 Å². The summed E-state index contributed by atoms with van der Waals surface area (Å²) in [5, 5.41) is -0.912. The van der Waals surface area contributed by atoms with Crippen LogP contribution in [0.1, 0.15) is 5.56 Å². The summed E-state index contributed by atoms with van der Waals surface area (Å²) in [5.74, 6) is 0. The summed E-state index contributed by atoms with van der Waals surface area (Å²) in [5.41, 5.74) is 0.920. The Bertz CT molecular complexity index is 382. The minimum atomic E-state index is -0.466. The number of rotatable bonds is 3. The van der Waals surface area contributed by atoms with E-state index in [1.807, 2.05) is 6.07 Å². The maximum absolute atomic E-state index is 11.1. The number of hydrogen-bond donors (Lipinski definition) is 2. The van der Waals surface area contributed by atoms with Crippen LogP contribution in [0.5, 0.6) is 0 Å². The van der Waals surface area contributed by atoms with Crippen molar-refractivity contribution in [3.8, 4) is 0 Å². The van der Waals surface area contributed by atoms with Crippen molar-refractivity contribution in [2.75, 3.05) is 0 Å². The number of benzene rings is 1. The average Bonchev–Trinajstić information content (AvgIpc) is 2.15. The fraction of sp³-hybridized carbons (Fsp3) is 0. The van der Waals surface area contributed by atoms with Crippen molar-refractivity contribution in [3.63, 3.8) is 0 Å². The van der Waals surface area contributed by atoms with Crippen LogP contribution in [0.15, 0.2) is 36.4 Å². The lowest BCUT2D eigenvalue weighted by molar-refractivity contribution is -0.108. The van der Waals surface area contributed by atoms with Gasteiger partial charge in [0, 0.05) is 11.6 Å². The molecule has 0 aromatic heterocycles. The number of carbonyl (C=O) groups excluding carboxylic acids is 2. The highest BCUT2D eigenvalue weighted by molar-refractivity contribution is 7.98. The Kier molecular flexibility index (Phi) is 3.98. The normalized spacial score (nSPS) is 11.1. The van der Waals surface area contributed by atoms with E-state index in [-0.39, 0.29) is 5.57 Å². The third-order valence-corrected chi connectivity index (χ3v) is 1.95. The van der Waals surface area contributed by atoms with Gasteiger partial charge in [-0.15, -0.1) is 25.3 Å². The average molecular weight is 224 g/mol. The minimum Gasteiger partial charge on any atom is -0.283 e. The van der Waals surface area contributed by atoms with E-state index in [0.29, 0.717) is 5.56 Å². The second-order valence-electron chi connectivity index (χ2n) is 2.57. The molecule has 1 rings (SSSR count). The zero-order chi connectivity index (χ0) is 10.6. The zero-order valence-corrected chi connectivity index (χ0v) is 8.96. The van der Waals surface area contributed by atoms with E-state index in [1.54, 1.807) is 24.3 Å². The van der Waals surface area contributed by atoms with Crippen molar-refractivity contribution in [2.24, 2.45) is 0 Å². The highest BCUT2D eigenvalue weighted by Gasteiger charge is 2.08. The summed E-state index contributed by atoms with van der Waals surface area (Å²) in [4.78, 5) is 21.8. The standard InChI is InChI=1S/C10H8O2S2/c11-9(13)6-8(10(12)14)7-4-2-1-3-5-7/h1-6H,(H,11,13)(H,12,14). The molecular formula is C10H8O2S2. The fourth-order valence-electron chi connectivity index (χ4n) is 1.01. The van der Waals surface area contributed by atoms with Gasteiger partial charge in [0.1, 0.15) is 0 Å². The van der Waals surface area contributed by atoms with Gasteiger partial charge in [-0.2, -0.15) is 0 Å². The molecule has 0 heterocycles. The highest BCUT2D eigenvalue weighted by Crippen LogP contribution is 2.16. The van der Waals surface area contributed by atoms with E-state index in [9.17, 15) is 9.59 Å². The van der Waals surface area contributed by atoms with Gasteiger partial charge < -0.3 is 0 Å². The molecule has 0 N–H and O–H groups in total. The molecule has 0 unspecified atom stereocenters. The van der Waals surface area contributed by atoms with E-state index in [1.165, 1.54) is 0 Å². The Hall–Kier alpha value is -1.00. The summed E-state index contributed by atoms with van der Waals surface area (Å²) < 4.78 is 0. The number of thiol groups is 2. The van der Waals surface area contributed by atoms with E-state index < -0.39 is 10.2 Å². The molecule has 0 radical (unpaired) electrons. The Morgan fingerprint density at radius 2 is 1.64 bits per heavy atom. The smallest absolute Gasteiger partial charge is 0.217 e. The lowest BCUT2D eigenvalue weighted by Gasteiger charge is -2.00. The predicted molar refractivity (Wildman–Crippen MR) is 62.4 cm³/mol. The Balaban J connectivity index is 3.14. The van der Waals surface area contributed by atoms with Crippen molar-refractivity contribution in [2.45, 2.75) is 0 Å². The van der Waals surface area contributed by atoms with Crippen molar-refractivity contribution >= 4 is 41.1 Å². The van der Waals surface area contributed by atoms with Crippen LogP contribution in [-0.2, 0) is 9.59 Å². The van der Waals surface area contributed by atoms with Crippen molar-refractivity contribution < 1.29 is 9.59 Å². The van der Waals surface area contributed by atoms with Crippen LogP contribution < -0.4 is 0 Å². The van der Waals surface area contributed by atoms with Crippen LogP contribution >= 0.6 is 25.3 Å². The molecule has 1 aromatic rings. The molecule has 0 bridgehead atoms. The first-order chi connectivity index (χ1) is 6.61. The largest absolute Gasteiger partial charge is 0.283 e. The molecule has 4 heteroatoms. The lowest BCUT2D eigenvalue weighted by atomic mass is 10.1. The summed E-state index contributed by atoms with van der Waals surface area (Å²) in [6.07, 6.45) is 1.16. The van der Waals surface area contributed by atoms with Crippen LogP contribution in [0.25, 0.3) is 5.57 Å². The van der Waals surface area contributed by atoms with Crippen LogP contribution in [0.2, 0.25) is 0 Å². The molecule has 0 aliphatic rings. The van der Waals surface area contributed by atoms with Gasteiger partial charge in [0.2, 0.25) is 10.2 Å². The number of hydrogen-bond acceptors (Lipinski definition) is 2. The SMILES string of the molecule is O=C(S)C=C(C(=O)S)c1ccccc1. The molecule has 72 valence electrons. The molecular weight excluding hydrogens is 216 g/mol. The first kappa shape index (κ1) is 11.1. The molecule has 1 aromatic carbocycles. The van der Waals surface area contributed by atoms with Crippen molar-refractivity contribution in [1.82, 2.24) is 0 Å². The van der Waals surface area contributed by atoms with Gasteiger partial charge in [0.05, 0.1) is 0 Å². The van der Waals surface area contributed by atoms with Gasteiger partial charge in [-0.05, 0) is 5.56 Å². The zero-order valence-electron chi connectivity index (χ0n) is 7.18. The topological polar surface area (TPSA) is 34.1 Å². The predicted octanol–water partition coefficient (Wildman–Crippen LogP) is 1.98. The molecule has 0 atom stereocenters. The van der Waals surface area contributed by atoms with E-state index >= 15 is 0 Å². The van der Waals surface area contributed by atoms with Crippen molar-refractivity contribution in [3.05, 3.63) is 42.0 Å². The van der Waals surface area contributed by atoms with Crippen LogP contribution in [0.3, 0.4) is 0 Å². The van der Waals surface area contributed by atoms with Gasteiger partial charge in [-0.3, -0.25) is 9.59 Å². The van der Waals surface area contributed by atoms with Gasteiger partial charge in [-0.1, -0.05) is 30.3 Å². The fourth-order valence-corrected chi connectivity index (χ4v) is 1.33. The monoisotopic (exact) mass is 224 g/mol. The summed E-state index contributed by atoms with van der Waals surface area (Å²) in [6, 6.07) is 8.85. The van der Waals surface area contributed by atoms with Gasteiger partial charge in [0.15, 0.2) is 0 Å². The Morgan fingerprint density at radius 1 is 1.07 bits per heavy atom. The van der Waals surface area contributed by atoms with Crippen LogP contribution in [0, 0.1) is 0 Å².